The van der Waals surface area contributed by atoms with Crippen molar-refractivity contribution in [2.24, 2.45) is 0 Å². The molecule has 0 aliphatic rings. The van der Waals surface area contributed by atoms with Crippen LogP contribution in [0.1, 0.15) is 31.9 Å². The first-order valence-electron chi connectivity index (χ1n) is 9.98. The van der Waals surface area contributed by atoms with Crippen molar-refractivity contribution in [3.05, 3.63) is 77.9 Å². The molecule has 0 bridgehead atoms. The number of nitrogens with zero attached hydrogens (tertiary/aromatic N) is 3. The predicted octanol–water partition coefficient (Wildman–Crippen LogP) is 6.60. The Morgan fingerprint density at radius 2 is 1.52 bits per heavy atom. The van der Waals surface area contributed by atoms with Gasteiger partial charge in [-0.25, -0.2) is 0 Å². The second-order valence-corrected chi connectivity index (χ2v) is 8.77. The van der Waals surface area contributed by atoms with Crippen molar-refractivity contribution in [2.45, 2.75) is 33.1 Å². The number of aromatic nitrogens is 3. The Balaban J connectivity index is 1.87. The molecule has 0 atom stereocenters. The molecular formula is C26H23N3. The van der Waals surface area contributed by atoms with Crippen molar-refractivity contribution < 1.29 is 0 Å². The van der Waals surface area contributed by atoms with E-state index in [1.54, 1.807) is 0 Å². The van der Waals surface area contributed by atoms with Gasteiger partial charge in [-0.1, -0.05) is 69.3 Å². The van der Waals surface area contributed by atoms with Gasteiger partial charge >= 0.3 is 0 Å². The first kappa shape index (κ1) is 17.7. The molecule has 0 fully saturated rings. The number of fused-ring (bicyclic) bond motifs is 4. The van der Waals surface area contributed by atoms with Crippen molar-refractivity contribution in [1.82, 2.24) is 15.4 Å². The number of rotatable bonds is 1. The molecular weight excluding hydrogens is 354 g/mol. The predicted molar refractivity (Wildman–Crippen MR) is 121 cm³/mol. The summed E-state index contributed by atoms with van der Waals surface area (Å²) in [6.07, 6.45) is 0. The van der Waals surface area contributed by atoms with E-state index in [9.17, 15) is 0 Å². The highest BCUT2D eigenvalue weighted by molar-refractivity contribution is 6.10. The van der Waals surface area contributed by atoms with E-state index in [1.165, 1.54) is 27.3 Å². The second-order valence-electron chi connectivity index (χ2n) is 8.77. The Morgan fingerprint density at radius 1 is 0.724 bits per heavy atom. The topological polar surface area (TPSA) is 38.7 Å². The molecule has 0 radical (unpaired) electrons. The minimum atomic E-state index is 0.0230. The summed E-state index contributed by atoms with van der Waals surface area (Å²) in [5, 5.41) is 18.9. The van der Waals surface area contributed by atoms with E-state index in [0.29, 0.717) is 0 Å². The molecule has 1 heterocycles. The molecule has 29 heavy (non-hydrogen) atoms. The van der Waals surface area contributed by atoms with Crippen molar-refractivity contribution in [3.63, 3.8) is 0 Å². The largest absolute Gasteiger partial charge is 0.129 e. The maximum atomic E-state index is 4.48. The summed E-state index contributed by atoms with van der Waals surface area (Å²) in [6, 6.07) is 23.7. The highest BCUT2D eigenvalue weighted by Gasteiger charge is 2.20. The molecule has 0 N–H and O–H groups in total. The summed E-state index contributed by atoms with van der Waals surface area (Å²) in [6.45, 7) is 8.89. The minimum Gasteiger partial charge on any atom is -0.129 e. The van der Waals surface area contributed by atoms with Crippen LogP contribution in [-0.4, -0.2) is 15.4 Å². The van der Waals surface area contributed by atoms with Crippen LogP contribution in [0.5, 0.6) is 0 Å². The molecule has 3 heteroatoms. The number of benzene rings is 4. The molecule has 5 rings (SSSR count). The van der Waals surface area contributed by atoms with E-state index in [4.69, 9.17) is 0 Å². The zero-order valence-electron chi connectivity index (χ0n) is 17.2. The third kappa shape index (κ3) is 2.85. The highest BCUT2D eigenvalue weighted by atomic mass is 15.3. The summed E-state index contributed by atoms with van der Waals surface area (Å²) in [5.74, 6) is 0. The second kappa shape index (κ2) is 6.35. The summed E-state index contributed by atoms with van der Waals surface area (Å²) in [7, 11) is 0. The third-order valence-corrected chi connectivity index (χ3v) is 5.71. The zero-order chi connectivity index (χ0) is 20.2. The van der Waals surface area contributed by atoms with Crippen LogP contribution in [0.4, 0.5) is 0 Å². The summed E-state index contributed by atoms with van der Waals surface area (Å²) < 4.78 is 0. The van der Waals surface area contributed by atoms with E-state index in [1.807, 2.05) is 0 Å². The van der Waals surface area contributed by atoms with E-state index >= 15 is 0 Å². The summed E-state index contributed by atoms with van der Waals surface area (Å²) in [4.78, 5) is 0. The van der Waals surface area contributed by atoms with E-state index in [2.05, 4.69) is 110 Å². The fourth-order valence-corrected chi connectivity index (χ4v) is 4.28. The molecule has 0 spiro atoms. The average Bonchev–Trinajstić information content (AvgIpc) is 2.71. The molecule has 0 saturated heterocycles. The van der Waals surface area contributed by atoms with Gasteiger partial charge in [-0.05, 0) is 63.0 Å². The Bertz CT molecular complexity index is 1390. The van der Waals surface area contributed by atoms with Crippen LogP contribution in [0.2, 0.25) is 0 Å². The maximum absolute atomic E-state index is 4.48. The van der Waals surface area contributed by atoms with Crippen LogP contribution in [0.25, 0.3) is 43.7 Å². The van der Waals surface area contributed by atoms with Gasteiger partial charge in [-0.15, -0.1) is 10.2 Å². The lowest BCUT2D eigenvalue weighted by molar-refractivity contribution is 0.596. The Kier molecular flexibility index (Phi) is 3.88. The first-order chi connectivity index (χ1) is 13.9. The smallest absolute Gasteiger partial charge is 0.105 e. The SMILES string of the molecule is Cc1cccc2ccc3c(-c4cc(C(C)(C)C)c5ccccc5c4)nnnc3c12. The monoisotopic (exact) mass is 377 g/mol. The fraction of sp³-hybridized carbons (Fsp3) is 0.192. The van der Waals surface area contributed by atoms with Gasteiger partial charge in [0.25, 0.3) is 0 Å². The van der Waals surface area contributed by atoms with Gasteiger partial charge in [0, 0.05) is 16.3 Å². The van der Waals surface area contributed by atoms with Gasteiger partial charge in [0.2, 0.25) is 0 Å². The molecule has 4 aromatic carbocycles. The van der Waals surface area contributed by atoms with Gasteiger partial charge in [0.1, 0.15) is 11.2 Å². The normalized spacial score (nSPS) is 12.1. The van der Waals surface area contributed by atoms with Gasteiger partial charge in [0.15, 0.2) is 0 Å². The third-order valence-electron chi connectivity index (χ3n) is 5.71. The lowest BCUT2D eigenvalue weighted by Crippen LogP contribution is -2.12. The Labute approximate surface area is 170 Å². The first-order valence-corrected chi connectivity index (χ1v) is 9.98. The van der Waals surface area contributed by atoms with E-state index in [-0.39, 0.29) is 5.41 Å². The molecule has 0 aliphatic heterocycles. The Morgan fingerprint density at radius 3 is 2.34 bits per heavy atom. The molecule has 3 nitrogen and oxygen atoms in total. The van der Waals surface area contributed by atoms with Gasteiger partial charge in [-0.2, -0.15) is 0 Å². The lowest BCUT2D eigenvalue weighted by Gasteiger charge is -2.22. The van der Waals surface area contributed by atoms with Gasteiger partial charge in [0.05, 0.1) is 0 Å². The van der Waals surface area contributed by atoms with Crippen molar-refractivity contribution in [1.29, 1.82) is 0 Å². The maximum Gasteiger partial charge on any atom is 0.105 e. The van der Waals surface area contributed by atoms with Crippen molar-refractivity contribution in [3.8, 4) is 11.3 Å². The fourth-order valence-electron chi connectivity index (χ4n) is 4.28. The van der Waals surface area contributed by atoms with Crippen LogP contribution in [-0.2, 0) is 5.41 Å². The molecule has 0 unspecified atom stereocenters. The van der Waals surface area contributed by atoms with Crippen LogP contribution in [0.3, 0.4) is 0 Å². The van der Waals surface area contributed by atoms with Gasteiger partial charge < -0.3 is 0 Å². The number of aryl methyl sites for hydroxylation is 1. The van der Waals surface area contributed by atoms with Crippen LogP contribution in [0.15, 0.2) is 66.7 Å². The lowest BCUT2D eigenvalue weighted by atomic mass is 9.82. The van der Waals surface area contributed by atoms with Crippen LogP contribution < -0.4 is 0 Å². The van der Waals surface area contributed by atoms with Gasteiger partial charge in [-0.3, -0.25) is 0 Å². The molecule has 0 aliphatic carbocycles. The highest BCUT2D eigenvalue weighted by Crippen LogP contribution is 2.37. The Hall–Kier alpha value is -3.33. The van der Waals surface area contributed by atoms with Crippen molar-refractivity contribution in [2.75, 3.05) is 0 Å². The van der Waals surface area contributed by atoms with E-state index < -0.39 is 0 Å². The van der Waals surface area contributed by atoms with Crippen LogP contribution >= 0.6 is 0 Å². The quantitative estimate of drug-likeness (QED) is 0.309. The molecule has 142 valence electrons. The molecule has 1 aromatic heterocycles. The molecule has 5 aromatic rings. The average molecular weight is 377 g/mol. The number of hydrogen-bond acceptors (Lipinski definition) is 3. The zero-order valence-corrected chi connectivity index (χ0v) is 17.2. The minimum absolute atomic E-state index is 0.0230. The van der Waals surface area contributed by atoms with E-state index in [0.717, 1.165) is 27.5 Å². The molecule has 0 amide bonds. The summed E-state index contributed by atoms with van der Waals surface area (Å²) >= 11 is 0. The van der Waals surface area contributed by atoms with Crippen LogP contribution in [0, 0.1) is 6.92 Å². The summed E-state index contributed by atoms with van der Waals surface area (Å²) in [5.41, 5.74) is 5.42. The number of hydrogen-bond donors (Lipinski definition) is 0. The molecule has 0 saturated carbocycles. The van der Waals surface area contributed by atoms with Crippen molar-refractivity contribution >= 4 is 32.4 Å². The standard InChI is InChI=1S/C26H23N3/c1-16-8-7-10-17-12-13-21-24(27-29-28-25(21)23(16)17)19-14-18-9-5-6-11-20(18)22(15-19)26(2,3)4/h5-15H,1-4H3.